The smallest absolute Gasteiger partial charge is 0.325 e. The van der Waals surface area contributed by atoms with Crippen LogP contribution in [0.25, 0.3) is 0 Å². The van der Waals surface area contributed by atoms with Crippen molar-refractivity contribution in [2.75, 3.05) is 13.2 Å². The first kappa shape index (κ1) is 11.4. The van der Waals surface area contributed by atoms with Gasteiger partial charge in [0.2, 0.25) is 0 Å². The highest BCUT2D eigenvalue weighted by molar-refractivity contribution is 5.75. The molecule has 0 bridgehead atoms. The van der Waals surface area contributed by atoms with E-state index in [0.29, 0.717) is 12.5 Å². The molecule has 4 heteroatoms. The molecule has 0 aromatic rings. The predicted molar refractivity (Wildman–Crippen MR) is 45.5 cm³/mol. The van der Waals surface area contributed by atoms with E-state index in [-0.39, 0.29) is 6.61 Å². The minimum Gasteiger partial charge on any atom is -0.464 e. The molecule has 12 heavy (non-hydrogen) atoms. The third kappa shape index (κ3) is 5.09. The van der Waals surface area contributed by atoms with Gasteiger partial charge in [-0.15, -0.1) is 0 Å². The lowest BCUT2D eigenvalue weighted by atomic mass is 10.1. The topological polar surface area (TPSA) is 72.5 Å². The van der Waals surface area contributed by atoms with E-state index >= 15 is 0 Å². The molecule has 0 radical (unpaired) electrons. The number of nitrogens with two attached hydrogens (primary N) is 1. The molecule has 0 fully saturated rings. The summed E-state index contributed by atoms with van der Waals surface area (Å²) in [6, 6.07) is -0.892. The quantitative estimate of drug-likeness (QED) is 0.572. The maximum atomic E-state index is 10.8. The molecule has 72 valence electrons. The summed E-state index contributed by atoms with van der Waals surface area (Å²) in [5.41, 5.74) is 5.21. The molecule has 0 spiro atoms. The maximum absolute atomic E-state index is 10.8. The van der Waals surface area contributed by atoms with E-state index in [0.717, 1.165) is 6.42 Å². The van der Waals surface area contributed by atoms with Crippen LogP contribution in [0.3, 0.4) is 0 Å². The second kappa shape index (κ2) is 5.97. The molecule has 3 N–H and O–H groups in total. The molecule has 0 rings (SSSR count). The fourth-order valence-corrected chi connectivity index (χ4v) is 0.577. The molecule has 0 heterocycles. The second-order valence-corrected chi connectivity index (χ2v) is 3.14. The standard InChI is InChI=1S/C8H17NO3/c1-6(2)3-4-12-8(11)7(9)5-10/h6-7,10H,3-5,9H2,1-2H3/t7-/m0/s1. The summed E-state index contributed by atoms with van der Waals surface area (Å²) in [6.45, 7) is 4.10. The van der Waals surface area contributed by atoms with Crippen LogP contribution in [0.1, 0.15) is 20.3 Å². The molecule has 1 atom stereocenters. The van der Waals surface area contributed by atoms with Crippen LogP contribution in [-0.4, -0.2) is 30.3 Å². The SMILES string of the molecule is CC(C)CCOC(=O)[C@@H](N)CO. The molecule has 0 aromatic heterocycles. The van der Waals surface area contributed by atoms with Crippen molar-refractivity contribution in [2.45, 2.75) is 26.3 Å². The van der Waals surface area contributed by atoms with Gasteiger partial charge < -0.3 is 15.6 Å². The van der Waals surface area contributed by atoms with E-state index < -0.39 is 12.0 Å². The molecule has 0 unspecified atom stereocenters. The Labute approximate surface area is 72.7 Å². The Bertz CT molecular complexity index is 136. The number of carbonyl (C=O) groups excluding carboxylic acids is 1. The number of rotatable bonds is 5. The van der Waals surface area contributed by atoms with E-state index in [2.05, 4.69) is 0 Å². The van der Waals surface area contributed by atoms with Crippen LogP contribution in [0.2, 0.25) is 0 Å². The van der Waals surface area contributed by atoms with Crippen molar-refractivity contribution < 1.29 is 14.6 Å². The van der Waals surface area contributed by atoms with Gasteiger partial charge in [-0.2, -0.15) is 0 Å². The van der Waals surface area contributed by atoms with Gasteiger partial charge in [-0.05, 0) is 12.3 Å². The Morgan fingerprint density at radius 3 is 2.58 bits per heavy atom. The van der Waals surface area contributed by atoms with Crippen LogP contribution < -0.4 is 5.73 Å². The third-order valence-corrected chi connectivity index (χ3v) is 1.44. The zero-order valence-electron chi connectivity index (χ0n) is 7.62. The predicted octanol–water partition coefficient (Wildman–Crippen LogP) is -0.105. The van der Waals surface area contributed by atoms with Crippen LogP contribution in [0.15, 0.2) is 0 Å². The van der Waals surface area contributed by atoms with Crippen molar-refractivity contribution in [3.8, 4) is 0 Å². The molecule has 0 aromatic carbocycles. The lowest BCUT2D eigenvalue weighted by Crippen LogP contribution is -2.35. The summed E-state index contributed by atoms with van der Waals surface area (Å²) in [4.78, 5) is 10.8. The minimum atomic E-state index is -0.892. The molecular formula is C8H17NO3. The van der Waals surface area contributed by atoms with Crippen LogP contribution in [0, 0.1) is 5.92 Å². The first-order valence-corrected chi connectivity index (χ1v) is 4.11. The van der Waals surface area contributed by atoms with E-state index in [1.54, 1.807) is 0 Å². The number of ether oxygens (including phenoxy) is 1. The highest BCUT2D eigenvalue weighted by Crippen LogP contribution is 1.99. The van der Waals surface area contributed by atoms with Crippen molar-refractivity contribution >= 4 is 5.97 Å². The molecule has 0 aliphatic carbocycles. The third-order valence-electron chi connectivity index (χ3n) is 1.44. The van der Waals surface area contributed by atoms with Gasteiger partial charge in [0.1, 0.15) is 6.04 Å². The Kier molecular flexibility index (Phi) is 5.66. The highest BCUT2D eigenvalue weighted by atomic mass is 16.5. The van der Waals surface area contributed by atoms with Gasteiger partial charge in [-0.3, -0.25) is 4.79 Å². The summed E-state index contributed by atoms with van der Waals surface area (Å²) in [7, 11) is 0. The van der Waals surface area contributed by atoms with Crippen LogP contribution in [0.5, 0.6) is 0 Å². The molecule has 0 amide bonds. The van der Waals surface area contributed by atoms with E-state index in [4.69, 9.17) is 15.6 Å². The molecule has 0 aliphatic rings. The number of esters is 1. The Balaban J connectivity index is 3.44. The zero-order chi connectivity index (χ0) is 9.56. The fraction of sp³-hybridized carbons (Fsp3) is 0.875. The zero-order valence-corrected chi connectivity index (χ0v) is 7.62. The van der Waals surface area contributed by atoms with Crippen LogP contribution in [0.4, 0.5) is 0 Å². The summed E-state index contributed by atoms with van der Waals surface area (Å²) >= 11 is 0. The van der Waals surface area contributed by atoms with Crippen molar-refractivity contribution in [1.82, 2.24) is 0 Å². The van der Waals surface area contributed by atoms with Crippen molar-refractivity contribution in [3.63, 3.8) is 0 Å². The van der Waals surface area contributed by atoms with E-state index in [1.807, 2.05) is 13.8 Å². The lowest BCUT2D eigenvalue weighted by Gasteiger charge is -2.09. The van der Waals surface area contributed by atoms with Crippen LogP contribution in [-0.2, 0) is 9.53 Å². The largest absolute Gasteiger partial charge is 0.464 e. The summed E-state index contributed by atoms with van der Waals surface area (Å²) in [6.07, 6.45) is 0.823. The van der Waals surface area contributed by atoms with Crippen molar-refractivity contribution in [3.05, 3.63) is 0 Å². The Morgan fingerprint density at radius 2 is 2.17 bits per heavy atom. The minimum absolute atomic E-state index is 0.361. The molecule has 0 saturated carbocycles. The number of aliphatic hydroxyl groups is 1. The number of aliphatic hydroxyl groups excluding tert-OH is 1. The maximum Gasteiger partial charge on any atom is 0.325 e. The Hall–Kier alpha value is -0.610. The van der Waals surface area contributed by atoms with Gasteiger partial charge in [-0.1, -0.05) is 13.8 Å². The highest BCUT2D eigenvalue weighted by Gasteiger charge is 2.12. The van der Waals surface area contributed by atoms with Gasteiger partial charge in [0.15, 0.2) is 0 Å². The van der Waals surface area contributed by atoms with E-state index in [9.17, 15) is 4.79 Å². The number of carbonyl (C=O) groups is 1. The fourth-order valence-electron chi connectivity index (χ4n) is 0.577. The number of hydrogen-bond acceptors (Lipinski definition) is 4. The Morgan fingerprint density at radius 1 is 1.58 bits per heavy atom. The second-order valence-electron chi connectivity index (χ2n) is 3.14. The van der Waals surface area contributed by atoms with Gasteiger partial charge in [0, 0.05) is 0 Å². The van der Waals surface area contributed by atoms with Gasteiger partial charge >= 0.3 is 5.97 Å². The number of hydrogen-bond donors (Lipinski definition) is 2. The van der Waals surface area contributed by atoms with Crippen LogP contribution >= 0.6 is 0 Å². The first-order valence-electron chi connectivity index (χ1n) is 4.11. The normalized spacial score (nSPS) is 13.1. The monoisotopic (exact) mass is 175 g/mol. The summed E-state index contributed by atoms with van der Waals surface area (Å²) in [5, 5.41) is 8.49. The summed E-state index contributed by atoms with van der Waals surface area (Å²) < 4.78 is 4.78. The molecule has 0 saturated heterocycles. The van der Waals surface area contributed by atoms with Gasteiger partial charge in [0.25, 0.3) is 0 Å². The molecule has 4 nitrogen and oxygen atoms in total. The molecular weight excluding hydrogens is 158 g/mol. The molecule has 0 aliphatic heterocycles. The van der Waals surface area contributed by atoms with Gasteiger partial charge in [0.05, 0.1) is 13.2 Å². The van der Waals surface area contributed by atoms with Crippen molar-refractivity contribution in [2.24, 2.45) is 11.7 Å². The van der Waals surface area contributed by atoms with E-state index in [1.165, 1.54) is 0 Å². The van der Waals surface area contributed by atoms with Crippen molar-refractivity contribution in [1.29, 1.82) is 0 Å². The summed E-state index contributed by atoms with van der Waals surface area (Å²) in [5.74, 6) is -0.0266. The average molecular weight is 175 g/mol. The average Bonchev–Trinajstić information content (AvgIpc) is 2.02. The first-order chi connectivity index (χ1) is 5.57. The van der Waals surface area contributed by atoms with Gasteiger partial charge in [-0.25, -0.2) is 0 Å². The lowest BCUT2D eigenvalue weighted by molar-refractivity contribution is -0.146.